The first-order valence-electron chi connectivity index (χ1n) is 2.35. The summed E-state index contributed by atoms with van der Waals surface area (Å²) in [7, 11) is -0.871. The van der Waals surface area contributed by atoms with Crippen LogP contribution >= 0.6 is 11.7 Å². The van der Waals surface area contributed by atoms with E-state index >= 15 is 0 Å². The molecule has 7 heavy (non-hydrogen) atoms. The maximum Gasteiger partial charge on any atom is 0.117 e. The lowest BCUT2D eigenvalue weighted by Crippen LogP contribution is -1.95. The van der Waals surface area contributed by atoms with Crippen LogP contribution in [-0.4, -0.2) is 10.3 Å². The Morgan fingerprint density at radius 3 is 2.43 bits per heavy atom. The van der Waals surface area contributed by atoms with Gasteiger partial charge in [0.1, 0.15) is 5.75 Å². The predicted octanol–water partition coefficient (Wildman–Crippen LogP) is 1.38. The van der Waals surface area contributed by atoms with Crippen molar-refractivity contribution >= 4 is 21.9 Å². The van der Waals surface area contributed by atoms with Gasteiger partial charge in [0.2, 0.25) is 0 Å². The third kappa shape index (κ3) is 6.66. The molecule has 1 unspecified atom stereocenters. The molecule has 0 bridgehead atoms. The Morgan fingerprint density at radius 2 is 2.29 bits per heavy atom. The molecule has 0 heterocycles. The SMILES string of the molecule is CCCC[S+]([O-])S. The second-order valence-corrected chi connectivity index (χ2v) is 3.65. The molecule has 0 saturated carbocycles. The topological polar surface area (TPSA) is 23.1 Å². The third-order valence-electron chi connectivity index (χ3n) is 0.673. The molecule has 1 atom stereocenters. The normalized spacial score (nSPS) is 14.1. The molecule has 0 aliphatic carbocycles. The molecule has 3 heteroatoms. The van der Waals surface area contributed by atoms with Gasteiger partial charge >= 0.3 is 0 Å². The fourth-order valence-electron chi connectivity index (χ4n) is 0.268. The van der Waals surface area contributed by atoms with Gasteiger partial charge in [-0.05, 0) is 6.42 Å². The molecule has 1 nitrogen and oxygen atoms in total. The molecule has 0 aliphatic heterocycles. The highest BCUT2D eigenvalue weighted by Crippen LogP contribution is 1.99. The van der Waals surface area contributed by atoms with E-state index in [1.165, 1.54) is 0 Å². The lowest BCUT2D eigenvalue weighted by molar-refractivity contribution is 0.606. The van der Waals surface area contributed by atoms with Crippen LogP contribution in [0.4, 0.5) is 0 Å². The van der Waals surface area contributed by atoms with E-state index in [-0.39, 0.29) is 0 Å². The number of hydrogen-bond acceptors (Lipinski definition) is 2. The van der Waals surface area contributed by atoms with Gasteiger partial charge in [-0.1, -0.05) is 13.3 Å². The summed E-state index contributed by atoms with van der Waals surface area (Å²) in [6.07, 6.45) is 2.13. The number of rotatable bonds is 3. The Balaban J connectivity index is 2.68. The fraction of sp³-hybridized carbons (Fsp3) is 1.00. The Hall–Kier alpha value is 0.660. The highest BCUT2D eigenvalue weighted by Gasteiger charge is 1.93. The van der Waals surface area contributed by atoms with Crippen LogP contribution in [0.5, 0.6) is 0 Å². The molecule has 0 amide bonds. The zero-order chi connectivity index (χ0) is 5.70. The van der Waals surface area contributed by atoms with Gasteiger partial charge in [-0.15, -0.1) is 0 Å². The van der Waals surface area contributed by atoms with E-state index in [9.17, 15) is 4.55 Å². The monoisotopic (exact) mass is 138 g/mol. The van der Waals surface area contributed by atoms with E-state index in [1.807, 2.05) is 0 Å². The summed E-state index contributed by atoms with van der Waals surface area (Å²) in [5, 5.41) is 0. The van der Waals surface area contributed by atoms with Gasteiger partial charge in [0.05, 0.1) is 11.7 Å². The van der Waals surface area contributed by atoms with E-state index in [0.29, 0.717) is 0 Å². The van der Waals surface area contributed by atoms with Gasteiger partial charge in [0.15, 0.2) is 0 Å². The zero-order valence-electron chi connectivity index (χ0n) is 4.39. The van der Waals surface area contributed by atoms with Gasteiger partial charge in [0.25, 0.3) is 0 Å². The van der Waals surface area contributed by atoms with Crippen LogP contribution in [0.15, 0.2) is 0 Å². The Labute approximate surface area is 52.5 Å². The number of thiol groups is 1. The van der Waals surface area contributed by atoms with Crippen LogP contribution in [0.3, 0.4) is 0 Å². The van der Waals surface area contributed by atoms with E-state index in [1.54, 1.807) is 0 Å². The summed E-state index contributed by atoms with van der Waals surface area (Å²) in [6, 6.07) is 0. The van der Waals surface area contributed by atoms with Crippen molar-refractivity contribution in [3.8, 4) is 0 Å². The highest BCUT2D eigenvalue weighted by atomic mass is 33.1. The van der Waals surface area contributed by atoms with E-state index in [4.69, 9.17) is 0 Å². The molecule has 0 N–H and O–H groups in total. The van der Waals surface area contributed by atoms with Crippen molar-refractivity contribution in [2.45, 2.75) is 19.8 Å². The second-order valence-electron chi connectivity index (χ2n) is 1.38. The largest absolute Gasteiger partial charge is 0.605 e. The number of unbranched alkanes of at least 4 members (excludes halogenated alkanes) is 1. The summed E-state index contributed by atoms with van der Waals surface area (Å²) >= 11 is 3.70. The highest BCUT2D eigenvalue weighted by molar-refractivity contribution is 8.63. The molecule has 0 aromatic heterocycles. The first-order valence-corrected chi connectivity index (χ1v) is 4.72. The van der Waals surface area contributed by atoms with Crippen LogP contribution in [-0.2, 0) is 10.2 Å². The molecule has 0 aromatic carbocycles. The van der Waals surface area contributed by atoms with E-state index in [0.717, 1.165) is 18.6 Å². The maximum atomic E-state index is 10.2. The Kier molecular flexibility index (Phi) is 5.26. The van der Waals surface area contributed by atoms with Gasteiger partial charge in [-0.2, -0.15) is 0 Å². The minimum Gasteiger partial charge on any atom is -0.605 e. The van der Waals surface area contributed by atoms with Gasteiger partial charge in [-0.25, -0.2) is 0 Å². The standard InChI is InChI=1S/C4H10OS2/c1-2-3-4-7(5)6/h2-4H2,1H3,(H,5,6). The zero-order valence-corrected chi connectivity index (χ0v) is 6.10. The van der Waals surface area contributed by atoms with Crippen LogP contribution in [0.1, 0.15) is 19.8 Å². The Morgan fingerprint density at radius 1 is 1.71 bits per heavy atom. The van der Waals surface area contributed by atoms with Gasteiger partial charge in [-0.3, -0.25) is 0 Å². The quantitative estimate of drug-likeness (QED) is 0.355. The summed E-state index contributed by atoms with van der Waals surface area (Å²) in [5.74, 6) is 0.736. The van der Waals surface area contributed by atoms with Crippen molar-refractivity contribution in [1.29, 1.82) is 0 Å². The van der Waals surface area contributed by atoms with Gasteiger partial charge in [0, 0.05) is 10.2 Å². The molecular weight excluding hydrogens is 128 g/mol. The summed E-state index contributed by atoms with van der Waals surface area (Å²) in [5.41, 5.74) is 0. The van der Waals surface area contributed by atoms with Crippen molar-refractivity contribution in [1.82, 2.24) is 0 Å². The van der Waals surface area contributed by atoms with E-state index in [2.05, 4.69) is 18.6 Å². The van der Waals surface area contributed by atoms with Crippen molar-refractivity contribution < 1.29 is 4.55 Å². The van der Waals surface area contributed by atoms with Crippen molar-refractivity contribution in [2.24, 2.45) is 0 Å². The van der Waals surface area contributed by atoms with Crippen molar-refractivity contribution in [3.05, 3.63) is 0 Å². The maximum absolute atomic E-state index is 10.2. The molecule has 0 fully saturated rings. The molecule has 0 rings (SSSR count). The molecule has 0 saturated heterocycles. The smallest absolute Gasteiger partial charge is 0.117 e. The van der Waals surface area contributed by atoms with Gasteiger partial charge < -0.3 is 4.55 Å². The first kappa shape index (κ1) is 7.66. The lowest BCUT2D eigenvalue weighted by atomic mass is 10.4. The summed E-state index contributed by atoms with van der Waals surface area (Å²) < 4.78 is 10.2. The van der Waals surface area contributed by atoms with Crippen LogP contribution < -0.4 is 0 Å². The third-order valence-corrected chi connectivity index (χ3v) is 1.86. The fourth-order valence-corrected chi connectivity index (χ4v) is 1.19. The van der Waals surface area contributed by atoms with Crippen LogP contribution in [0.2, 0.25) is 0 Å². The summed E-state index contributed by atoms with van der Waals surface area (Å²) in [4.78, 5) is 0. The van der Waals surface area contributed by atoms with Crippen molar-refractivity contribution in [3.63, 3.8) is 0 Å². The minimum atomic E-state index is -0.871. The first-order chi connectivity index (χ1) is 3.27. The van der Waals surface area contributed by atoms with Crippen LogP contribution in [0.25, 0.3) is 0 Å². The second kappa shape index (κ2) is 4.81. The molecule has 0 aromatic rings. The lowest BCUT2D eigenvalue weighted by Gasteiger charge is -1.97. The van der Waals surface area contributed by atoms with Crippen molar-refractivity contribution in [2.75, 3.05) is 5.75 Å². The predicted molar refractivity (Wildman–Crippen MR) is 36.9 cm³/mol. The van der Waals surface area contributed by atoms with E-state index < -0.39 is 10.2 Å². The molecule has 0 radical (unpaired) electrons. The molecule has 0 spiro atoms. The molecule has 44 valence electrons. The molecule has 0 aliphatic rings. The van der Waals surface area contributed by atoms with Crippen LogP contribution in [0, 0.1) is 0 Å². The average Bonchev–Trinajstić information content (AvgIpc) is 1.61. The minimum absolute atomic E-state index is 0.736. The molecular formula is C4H10OS2. The summed E-state index contributed by atoms with van der Waals surface area (Å²) in [6.45, 7) is 2.07. The Bertz CT molecular complexity index is 38.7. The average molecular weight is 138 g/mol. The number of hydrogen-bond donors (Lipinski definition) is 1.